The largest absolute Gasteiger partial charge is 0.253 e. The summed E-state index contributed by atoms with van der Waals surface area (Å²) >= 11 is 0. The van der Waals surface area contributed by atoms with Crippen molar-refractivity contribution in [1.29, 1.82) is 0 Å². The lowest BCUT2D eigenvalue weighted by molar-refractivity contribution is 1.23. The Balaban J connectivity index is 1.60. The van der Waals surface area contributed by atoms with E-state index in [0.717, 1.165) is 33.4 Å². The molecule has 0 bridgehead atoms. The van der Waals surface area contributed by atoms with Crippen molar-refractivity contribution in [1.82, 2.24) is 9.97 Å². The maximum atomic E-state index is 4.58. The van der Waals surface area contributed by atoms with Gasteiger partial charge in [0.1, 0.15) is 5.69 Å². The Morgan fingerprint density at radius 3 is 2.26 bits per heavy atom. The van der Waals surface area contributed by atoms with Crippen molar-refractivity contribution >= 4 is 10.9 Å². The Morgan fingerprint density at radius 2 is 1.52 bits per heavy atom. The van der Waals surface area contributed by atoms with E-state index in [1.807, 2.05) is 31.3 Å². The summed E-state index contributed by atoms with van der Waals surface area (Å²) in [5.74, 6) is 6.38. The molecule has 130 valence electrons. The average molecular weight is 348 g/mol. The second-order valence-electron chi connectivity index (χ2n) is 6.86. The van der Waals surface area contributed by atoms with E-state index >= 15 is 0 Å². The molecule has 0 N–H and O–H groups in total. The molecule has 2 aromatic heterocycles. The van der Waals surface area contributed by atoms with Gasteiger partial charge >= 0.3 is 0 Å². The van der Waals surface area contributed by atoms with Gasteiger partial charge in [-0.15, -0.1) is 0 Å². The second-order valence-corrected chi connectivity index (χ2v) is 6.86. The zero-order chi connectivity index (χ0) is 18.8. The molecule has 0 spiro atoms. The third-order valence-corrected chi connectivity index (χ3v) is 4.63. The van der Waals surface area contributed by atoms with Gasteiger partial charge in [0.05, 0.1) is 5.52 Å². The van der Waals surface area contributed by atoms with Crippen LogP contribution >= 0.6 is 0 Å². The van der Waals surface area contributed by atoms with Crippen LogP contribution < -0.4 is 0 Å². The number of pyridine rings is 2. The van der Waals surface area contributed by atoms with E-state index in [4.69, 9.17) is 0 Å². The standard InChI is InChI=1S/C25H20N2/c1-17-4-8-21(9-5-17)22-10-12-23(26-16-22)11-6-20-7-13-25-24(15-20)18(2)14-19(3)27-25/h4-5,7-10,12-16H,1-3H3. The van der Waals surface area contributed by atoms with Crippen LogP contribution in [0.4, 0.5) is 0 Å². The molecule has 2 aromatic carbocycles. The summed E-state index contributed by atoms with van der Waals surface area (Å²) in [6, 6.07) is 20.8. The summed E-state index contributed by atoms with van der Waals surface area (Å²) in [5, 5.41) is 1.15. The summed E-state index contributed by atoms with van der Waals surface area (Å²) < 4.78 is 0. The van der Waals surface area contributed by atoms with Crippen molar-refractivity contribution < 1.29 is 0 Å². The Morgan fingerprint density at radius 1 is 0.741 bits per heavy atom. The molecule has 2 heteroatoms. The highest BCUT2D eigenvalue weighted by atomic mass is 14.7. The van der Waals surface area contributed by atoms with Crippen LogP contribution in [0.25, 0.3) is 22.0 Å². The van der Waals surface area contributed by atoms with Gasteiger partial charge in [0.25, 0.3) is 0 Å². The van der Waals surface area contributed by atoms with E-state index in [2.05, 4.69) is 78.1 Å². The minimum Gasteiger partial charge on any atom is -0.253 e. The summed E-state index contributed by atoms with van der Waals surface area (Å²) in [7, 11) is 0. The van der Waals surface area contributed by atoms with Crippen LogP contribution in [0.15, 0.2) is 66.9 Å². The zero-order valence-corrected chi connectivity index (χ0v) is 15.7. The van der Waals surface area contributed by atoms with Gasteiger partial charge in [0, 0.05) is 28.4 Å². The lowest BCUT2D eigenvalue weighted by Gasteiger charge is -2.04. The molecule has 2 nitrogen and oxygen atoms in total. The monoisotopic (exact) mass is 348 g/mol. The van der Waals surface area contributed by atoms with Crippen molar-refractivity contribution in [2.45, 2.75) is 20.8 Å². The van der Waals surface area contributed by atoms with Crippen molar-refractivity contribution in [3.05, 3.63) is 94.9 Å². The molecule has 0 aliphatic heterocycles. The number of hydrogen-bond acceptors (Lipinski definition) is 2. The first-order chi connectivity index (χ1) is 13.1. The third kappa shape index (κ3) is 3.73. The van der Waals surface area contributed by atoms with Crippen LogP contribution in [0, 0.1) is 32.6 Å². The van der Waals surface area contributed by atoms with Gasteiger partial charge in [-0.3, -0.25) is 4.98 Å². The van der Waals surface area contributed by atoms with Gasteiger partial charge in [0.15, 0.2) is 0 Å². The highest BCUT2D eigenvalue weighted by Crippen LogP contribution is 2.20. The first kappa shape index (κ1) is 17.0. The number of hydrogen-bond donors (Lipinski definition) is 0. The molecule has 0 unspecified atom stereocenters. The Bertz CT molecular complexity index is 1180. The molecule has 0 aliphatic rings. The minimum absolute atomic E-state index is 0.768. The summed E-state index contributed by atoms with van der Waals surface area (Å²) in [5.41, 5.74) is 8.54. The Labute approximate surface area is 159 Å². The highest BCUT2D eigenvalue weighted by Gasteiger charge is 2.01. The number of aryl methyl sites for hydroxylation is 3. The predicted molar refractivity (Wildman–Crippen MR) is 112 cm³/mol. The second kappa shape index (κ2) is 7.05. The van der Waals surface area contributed by atoms with Crippen molar-refractivity contribution in [3.8, 4) is 23.0 Å². The Hall–Kier alpha value is -3.44. The zero-order valence-electron chi connectivity index (χ0n) is 15.7. The first-order valence-electron chi connectivity index (χ1n) is 9.02. The van der Waals surface area contributed by atoms with E-state index in [0.29, 0.717) is 0 Å². The van der Waals surface area contributed by atoms with Crippen LogP contribution in [0.3, 0.4) is 0 Å². The molecule has 4 aromatic rings. The highest BCUT2D eigenvalue weighted by molar-refractivity contribution is 5.83. The third-order valence-electron chi connectivity index (χ3n) is 4.63. The summed E-state index contributed by atoms with van der Waals surface area (Å²) in [6.45, 7) is 6.22. The molecule has 0 radical (unpaired) electrons. The number of benzene rings is 2. The van der Waals surface area contributed by atoms with Crippen LogP contribution in [-0.4, -0.2) is 9.97 Å². The lowest BCUT2D eigenvalue weighted by atomic mass is 10.1. The van der Waals surface area contributed by atoms with E-state index in [-0.39, 0.29) is 0 Å². The first-order valence-corrected chi connectivity index (χ1v) is 9.02. The molecule has 0 atom stereocenters. The van der Waals surface area contributed by atoms with E-state index in [1.54, 1.807) is 0 Å². The van der Waals surface area contributed by atoms with Gasteiger partial charge in [-0.05, 0) is 68.2 Å². The SMILES string of the molecule is Cc1ccc(-c2ccc(C#Cc3ccc4nc(C)cc(C)c4c3)nc2)cc1. The molecular weight excluding hydrogens is 328 g/mol. The number of nitrogens with zero attached hydrogens (tertiary/aromatic N) is 2. The lowest BCUT2D eigenvalue weighted by Crippen LogP contribution is -1.88. The van der Waals surface area contributed by atoms with Crippen molar-refractivity contribution in [3.63, 3.8) is 0 Å². The molecule has 0 saturated heterocycles. The van der Waals surface area contributed by atoms with Gasteiger partial charge in [-0.1, -0.05) is 41.8 Å². The van der Waals surface area contributed by atoms with Gasteiger partial charge in [-0.2, -0.15) is 0 Å². The molecule has 2 heterocycles. The predicted octanol–water partition coefficient (Wildman–Crippen LogP) is 5.62. The molecule has 27 heavy (non-hydrogen) atoms. The molecule has 0 aliphatic carbocycles. The fraction of sp³-hybridized carbons (Fsp3) is 0.120. The van der Waals surface area contributed by atoms with E-state index < -0.39 is 0 Å². The fourth-order valence-electron chi connectivity index (χ4n) is 3.16. The van der Waals surface area contributed by atoms with Crippen LogP contribution in [0.1, 0.15) is 28.1 Å². The van der Waals surface area contributed by atoms with Crippen LogP contribution in [0.2, 0.25) is 0 Å². The minimum atomic E-state index is 0.768. The van der Waals surface area contributed by atoms with Crippen LogP contribution in [0.5, 0.6) is 0 Å². The van der Waals surface area contributed by atoms with Crippen LogP contribution in [-0.2, 0) is 0 Å². The molecule has 0 amide bonds. The average Bonchev–Trinajstić information content (AvgIpc) is 2.67. The maximum absolute atomic E-state index is 4.58. The topological polar surface area (TPSA) is 25.8 Å². The summed E-state index contributed by atoms with van der Waals surface area (Å²) in [6.07, 6.45) is 1.88. The van der Waals surface area contributed by atoms with E-state index in [9.17, 15) is 0 Å². The van der Waals surface area contributed by atoms with Gasteiger partial charge in [0.2, 0.25) is 0 Å². The number of rotatable bonds is 1. The van der Waals surface area contributed by atoms with Crippen molar-refractivity contribution in [2.75, 3.05) is 0 Å². The fourth-order valence-corrected chi connectivity index (χ4v) is 3.16. The summed E-state index contributed by atoms with van der Waals surface area (Å²) in [4.78, 5) is 9.08. The normalized spacial score (nSPS) is 10.5. The molecular formula is C25H20N2. The van der Waals surface area contributed by atoms with Gasteiger partial charge in [-0.25, -0.2) is 4.98 Å². The van der Waals surface area contributed by atoms with Gasteiger partial charge < -0.3 is 0 Å². The molecule has 0 saturated carbocycles. The number of fused-ring (bicyclic) bond motifs is 1. The maximum Gasteiger partial charge on any atom is 0.113 e. The Kier molecular flexibility index (Phi) is 4.44. The number of aromatic nitrogens is 2. The quantitative estimate of drug-likeness (QED) is 0.417. The van der Waals surface area contributed by atoms with E-state index in [1.165, 1.54) is 16.7 Å². The smallest absolute Gasteiger partial charge is 0.113 e. The van der Waals surface area contributed by atoms with Crippen molar-refractivity contribution in [2.24, 2.45) is 0 Å². The molecule has 4 rings (SSSR count). The molecule has 0 fully saturated rings.